The molecule has 0 amide bonds. The van der Waals surface area contributed by atoms with E-state index in [2.05, 4.69) is 47.4 Å². The number of benzene rings is 3. The first-order chi connectivity index (χ1) is 14.8. The molecule has 0 N–H and O–H groups in total. The number of fused-ring (bicyclic) bond motifs is 1. The van der Waals surface area contributed by atoms with Gasteiger partial charge in [-0.2, -0.15) is 0 Å². The first-order valence-corrected chi connectivity index (χ1v) is 10.7. The maximum atomic E-state index is 12.2. The highest BCUT2D eigenvalue weighted by molar-refractivity contribution is 5.85. The lowest BCUT2D eigenvalue weighted by Gasteiger charge is -2.35. The summed E-state index contributed by atoms with van der Waals surface area (Å²) in [6, 6.07) is 20.7. The van der Waals surface area contributed by atoms with Gasteiger partial charge in [-0.3, -0.25) is 4.90 Å². The highest BCUT2D eigenvalue weighted by atomic mass is 16.5. The van der Waals surface area contributed by atoms with Crippen LogP contribution >= 0.6 is 0 Å². The van der Waals surface area contributed by atoms with Crippen LogP contribution in [0, 0.1) is 0 Å². The van der Waals surface area contributed by atoms with Crippen LogP contribution in [0.25, 0.3) is 10.8 Å². The first kappa shape index (κ1) is 20.4. The fraction of sp³-hybridized carbons (Fsp3) is 0.346. The second kappa shape index (κ2) is 9.31. The number of methoxy groups -OCH3 is 2. The van der Waals surface area contributed by atoms with Crippen LogP contribution in [0.15, 0.2) is 60.7 Å². The van der Waals surface area contributed by atoms with Gasteiger partial charge in [0.1, 0.15) is 17.8 Å². The van der Waals surface area contributed by atoms with Crippen LogP contribution in [0.5, 0.6) is 11.5 Å². The summed E-state index contributed by atoms with van der Waals surface area (Å²) in [5.41, 5.74) is 2.28. The minimum absolute atomic E-state index is 0.0489. The van der Waals surface area contributed by atoms with E-state index in [0.29, 0.717) is 6.54 Å². The fourth-order valence-corrected chi connectivity index (χ4v) is 4.77. The maximum Gasteiger partial charge on any atom is 0.137 e. The largest absolute Gasteiger partial charge is 0.496 e. The lowest BCUT2D eigenvalue weighted by atomic mass is 9.96. The molecule has 0 saturated carbocycles. The second-order valence-corrected chi connectivity index (χ2v) is 7.89. The summed E-state index contributed by atoms with van der Waals surface area (Å²) in [5.74, 6) is 1.63. The van der Waals surface area contributed by atoms with E-state index in [1.165, 1.54) is 16.3 Å². The smallest absolute Gasteiger partial charge is 0.137 e. The van der Waals surface area contributed by atoms with Crippen molar-refractivity contribution in [3.05, 3.63) is 71.8 Å². The molecule has 1 saturated heterocycles. The van der Waals surface area contributed by atoms with Crippen molar-refractivity contribution in [3.63, 3.8) is 0 Å². The van der Waals surface area contributed by atoms with Gasteiger partial charge in [-0.1, -0.05) is 61.4 Å². The van der Waals surface area contributed by atoms with E-state index >= 15 is 0 Å². The van der Waals surface area contributed by atoms with Gasteiger partial charge in [0, 0.05) is 12.6 Å². The Morgan fingerprint density at radius 1 is 0.900 bits per heavy atom. The highest BCUT2D eigenvalue weighted by Gasteiger charge is 2.33. The Morgan fingerprint density at radius 3 is 2.30 bits per heavy atom. The molecule has 1 aliphatic rings. The number of hydrogen-bond donors (Lipinski definition) is 0. The third-order valence-corrected chi connectivity index (χ3v) is 6.24. The molecule has 4 heteroatoms. The molecule has 1 heterocycles. The zero-order valence-electron chi connectivity index (χ0n) is 17.7. The van der Waals surface area contributed by atoms with Crippen molar-refractivity contribution in [3.8, 4) is 11.5 Å². The average molecular weight is 404 g/mol. The Labute approximate surface area is 178 Å². The Kier molecular flexibility index (Phi) is 6.34. The molecule has 4 nitrogen and oxygen atoms in total. The molecule has 0 aromatic heterocycles. The van der Waals surface area contributed by atoms with E-state index < -0.39 is 0 Å². The van der Waals surface area contributed by atoms with Gasteiger partial charge in [0.05, 0.1) is 25.8 Å². The summed E-state index contributed by atoms with van der Waals surface area (Å²) >= 11 is 0. The number of carbonyl (C=O) groups is 1. The number of rotatable bonds is 6. The van der Waals surface area contributed by atoms with Gasteiger partial charge in [0.15, 0.2) is 0 Å². The number of aldehydes is 1. The van der Waals surface area contributed by atoms with Crippen molar-refractivity contribution in [2.24, 2.45) is 0 Å². The fourth-order valence-electron chi connectivity index (χ4n) is 4.77. The van der Waals surface area contributed by atoms with Crippen molar-refractivity contribution >= 4 is 17.1 Å². The summed E-state index contributed by atoms with van der Waals surface area (Å²) in [6.45, 7) is 0.705. The molecule has 1 aliphatic heterocycles. The maximum absolute atomic E-state index is 12.2. The average Bonchev–Trinajstić information content (AvgIpc) is 3.00. The monoisotopic (exact) mass is 403 g/mol. The SMILES string of the molecule is COc1cccc(OC)c1C1CCCCC(C=O)N1Cc1cccc2ccccc12. The third-order valence-electron chi connectivity index (χ3n) is 6.24. The van der Waals surface area contributed by atoms with Gasteiger partial charge in [-0.15, -0.1) is 0 Å². The van der Waals surface area contributed by atoms with Gasteiger partial charge < -0.3 is 14.3 Å². The summed E-state index contributed by atoms with van der Waals surface area (Å²) in [6.07, 6.45) is 5.07. The van der Waals surface area contributed by atoms with Crippen LogP contribution in [0.1, 0.15) is 42.9 Å². The minimum Gasteiger partial charge on any atom is -0.496 e. The Balaban J connectivity index is 1.82. The normalized spacial score (nSPS) is 19.9. The summed E-state index contributed by atoms with van der Waals surface area (Å²) in [4.78, 5) is 14.5. The molecule has 3 aromatic rings. The van der Waals surface area contributed by atoms with Crippen molar-refractivity contribution < 1.29 is 14.3 Å². The zero-order chi connectivity index (χ0) is 20.9. The molecule has 1 fully saturated rings. The van der Waals surface area contributed by atoms with Crippen LogP contribution < -0.4 is 9.47 Å². The Morgan fingerprint density at radius 2 is 1.57 bits per heavy atom. The Hall–Kier alpha value is -2.85. The molecule has 0 aliphatic carbocycles. The molecule has 0 bridgehead atoms. The number of likely N-dealkylation sites (tertiary alicyclic amines) is 1. The molecule has 2 atom stereocenters. The van der Waals surface area contributed by atoms with Crippen LogP contribution in [-0.4, -0.2) is 31.4 Å². The van der Waals surface area contributed by atoms with E-state index in [4.69, 9.17) is 9.47 Å². The third kappa shape index (κ3) is 3.92. The predicted molar refractivity (Wildman–Crippen MR) is 120 cm³/mol. The van der Waals surface area contributed by atoms with Crippen molar-refractivity contribution in [1.29, 1.82) is 0 Å². The van der Waals surface area contributed by atoms with Crippen LogP contribution in [0.4, 0.5) is 0 Å². The van der Waals surface area contributed by atoms with Gasteiger partial charge in [-0.05, 0) is 41.3 Å². The standard InChI is InChI=1S/C26H29NO3/c1-29-24-15-8-16-25(30-2)26(24)23-14-6-4-12-21(18-28)27(23)17-20-11-7-10-19-9-3-5-13-22(19)20/h3,5,7-11,13,15-16,18,21,23H,4,6,12,14,17H2,1-2H3. The van der Waals surface area contributed by atoms with Gasteiger partial charge in [0.25, 0.3) is 0 Å². The van der Waals surface area contributed by atoms with Gasteiger partial charge >= 0.3 is 0 Å². The lowest BCUT2D eigenvalue weighted by molar-refractivity contribution is -0.113. The summed E-state index contributed by atoms with van der Waals surface area (Å²) in [7, 11) is 3.39. The molecular formula is C26H29NO3. The van der Waals surface area contributed by atoms with E-state index in [9.17, 15) is 4.79 Å². The number of ether oxygens (including phenoxy) is 2. The molecule has 30 heavy (non-hydrogen) atoms. The van der Waals surface area contributed by atoms with Crippen molar-refractivity contribution in [1.82, 2.24) is 4.90 Å². The van der Waals surface area contributed by atoms with Crippen LogP contribution in [-0.2, 0) is 11.3 Å². The van der Waals surface area contributed by atoms with Gasteiger partial charge in [-0.25, -0.2) is 0 Å². The van der Waals surface area contributed by atoms with Crippen molar-refractivity contribution in [2.75, 3.05) is 14.2 Å². The molecule has 0 radical (unpaired) electrons. The molecule has 4 rings (SSSR count). The minimum atomic E-state index is -0.133. The lowest BCUT2D eigenvalue weighted by Crippen LogP contribution is -2.38. The quantitative estimate of drug-likeness (QED) is 0.507. The van der Waals surface area contributed by atoms with Crippen molar-refractivity contribution in [2.45, 2.75) is 44.3 Å². The molecular weight excluding hydrogens is 374 g/mol. The first-order valence-electron chi connectivity index (χ1n) is 10.7. The number of hydrogen-bond acceptors (Lipinski definition) is 4. The van der Waals surface area contributed by atoms with E-state index in [0.717, 1.165) is 49.0 Å². The molecule has 156 valence electrons. The van der Waals surface area contributed by atoms with Gasteiger partial charge in [0.2, 0.25) is 0 Å². The predicted octanol–water partition coefficient (Wildman–Crippen LogP) is 5.54. The second-order valence-electron chi connectivity index (χ2n) is 7.89. The molecule has 0 spiro atoms. The summed E-state index contributed by atoms with van der Waals surface area (Å²) in [5, 5.41) is 2.46. The zero-order valence-corrected chi connectivity index (χ0v) is 17.7. The summed E-state index contributed by atoms with van der Waals surface area (Å²) < 4.78 is 11.4. The molecule has 2 unspecified atom stereocenters. The number of nitrogens with zero attached hydrogens (tertiary/aromatic N) is 1. The Bertz CT molecular complexity index is 989. The number of carbonyl (C=O) groups excluding carboxylic acids is 1. The highest BCUT2D eigenvalue weighted by Crippen LogP contribution is 2.43. The van der Waals surface area contributed by atoms with E-state index in [1.54, 1.807) is 14.2 Å². The molecule has 3 aromatic carbocycles. The van der Waals surface area contributed by atoms with Crippen LogP contribution in [0.2, 0.25) is 0 Å². The van der Waals surface area contributed by atoms with E-state index in [-0.39, 0.29) is 12.1 Å². The van der Waals surface area contributed by atoms with Crippen LogP contribution in [0.3, 0.4) is 0 Å². The topological polar surface area (TPSA) is 38.8 Å². The van der Waals surface area contributed by atoms with E-state index in [1.807, 2.05) is 18.2 Å².